The summed E-state index contributed by atoms with van der Waals surface area (Å²) in [6, 6.07) is 6.19. The second-order valence-electron chi connectivity index (χ2n) is 4.68. The van der Waals surface area contributed by atoms with Gasteiger partial charge in [0.1, 0.15) is 5.75 Å². The minimum atomic E-state index is -2.91. The Morgan fingerprint density at radius 1 is 1.38 bits per heavy atom. The number of carbonyl (C=O) groups is 1. The van der Waals surface area contributed by atoms with Gasteiger partial charge >= 0.3 is 6.61 Å². The minimum Gasteiger partial charge on any atom is -0.433 e. The van der Waals surface area contributed by atoms with Gasteiger partial charge in [-0.3, -0.25) is 4.79 Å². The molecule has 0 radical (unpaired) electrons. The summed E-state index contributed by atoms with van der Waals surface area (Å²) < 4.78 is 28.9. The lowest BCUT2D eigenvalue weighted by molar-refractivity contribution is -0.113. The van der Waals surface area contributed by atoms with Gasteiger partial charge in [-0.1, -0.05) is 12.1 Å². The molecule has 7 heteroatoms. The van der Waals surface area contributed by atoms with Crippen LogP contribution >= 0.6 is 11.8 Å². The number of para-hydroxylation sites is 2. The Morgan fingerprint density at radius 3 is 2.81 bits per heavy atom. The van der Waals surface area contributed by atoms with Crippen LogP contribution in [-0.4, -0.2) is 36.6 Å². The van der Waals surface area contributed by atoms with Crippen LogP contribution < -0.4 is 15.4 Å². The Bertz CT molecular complexity index is 468. The van der Waals surface area contributed by atoms with Crippen LogP contribution in [0.5, 0.6) is 5.75 Å². The molecule has 0 saturated carbocycles. The van der Waals surface area contributed by atoms with Crippen molar-refractivity contribution >= 4 is 23.4 Å². The third kappa shape index (κ3) is 5.51. The summed E-state index contributed by atoms with van der Waals surface area (Å²) in [5.41, 5.74) is 0.272. The van der Waals surface area contributed by atoms with Crippen LogP contribution in [0, 0.1) is 0 Å². The van der Waals surface area contributed by atoms with Crippen LogP contribution in [0.1, 0.15) is 12.8 Å². The lowest BCUT2D eigenvalue weighted by Crippen LogP contribution is -2.30. The number of anilines is 1. The summed E-state index contributed by atoms with van der Waals surface area (Å²) in [5.74, 6) is 0.0878. The quantitative estimate of drug-likeness (QED) is 0.847. The third-order valence-electron chi connectivity index (χ3n) is 3.11. The number of ether oxygens (including phenoxy) is 1. The molecule has 1 saturated heterocycles. The molecule has 0 aromatic heterocycles. The average molecular weight is 316 g/mol. The lowest BCUT2D eigenvalue weighted by atomic mass is 10.2. The van der Waals surface area contributed by atoms with Gasteiger partial charge in [-0.2, -0.15) is 8.78 Å². The zero-order valence-electron chi connectivity index (χ0n) is 11.5. The summed E-state index contributed by atoms with van der Waals surface area (Å²) in [5, 5.41) is 6.36. The van der Waals surface area contributed by atoms with Crippen molar-refractivity contribution in [2.24, 2.45) is 0 Å². The SMILES string of the molecule is O=C(CSC1CCNCC1)Nc1ccccc1OC(F)F. The predicted molar refractivity (Wildman–Crippen MR) is 80.1 cm³/mol. The normalized spacial score (nSPS) is 16.0. The van der Waals surface area contributed by atoms with Crippen LogP contribution in [0.2, 0.25) is 0 Å². The van der Waals surface area contributed by atoms with Gasteiger partial charge in [-0.25, -0.2) is 0 Å². The van der Waals surface area contributed by atoms with E-state index < -0.39 is 6.61 Å². The highest BCUT2D eigenvalue weighted by molar-refractivity contribution is 8.00. The van der Waals surface area contributed by atoms with E-state index in [1.807, 2.05) is 0 Å². The average Bonchev–Trinajstić information content (AvgIpc) is 2.48. The van der Waals surface area contributed by atoms with Gasteiger partial charge in [0, 0.05) is 5.25 Å². The standard InChI is InChI=1S/C14H18F2N2O2S/c15-14(16)20-12-4-2-1-3-11(12)18-13(19)9-21-10-5-7-17-8-6-10/h1-4,10,14,17H,5-9H2,(H,18,19). The van der Waals surface area contributed by atoms with E-state index in [1.165, 1.54) is 6.07 Å². The maximum atomic E-state index is 12.3. The van der Waals surface area contributed by atoms with Crippen LogP contribution in [0.3, 0.4) is 0 Å². The highest BCUT2D eigenvalue weighted by Crippen LogP contribution is 2.26. The third-order valence-corrected chi connectivity index (χ3v) is 4.49. The number of nitrogens with one attached hydrogen (secondary N) is 2. The molecule has 1 heterocycles. The monoisotopic (exact) mass is 316 g/mol. The molecule has 21 heavy (non-hydrogen) atoms. The number of thioether (sulfide) groups is 1. The summed E-state index contributed by atoms with van der Waals surface area (Å²) in [6.07, 6.45) is 2.09. The van der Waals surface area contributed by atoms with Crippen molar-refractivity contribution in [1.29, 1.82) is 0 Å². The van der Waals surface area contributed by atoms with E-state index in [1.54, 1.807) is 30.0 Å². The number of benzene rings is 1. The van der Waals surface area contributed by atoms with Gasteiger partial charge in [0.15, 0.2) is 0 Å². The fourth-order valence-corrected chi connectivity index (χ4v) is 3.14. The number of carbonyl (C=O) groups excluding carboxylic acids is 1. The Labute approximate surface area is 126 Å². The lowest BCUT2D eigenvalue weighted by Gasteiger charge is -2.21. The molecule has 0 spiro atoms. The molecular weight excluding hydrogens is 298 g/mol. The number of halogens is 2. The zero-order valence-corrected chi connectivity index (χ0v) is 12.3. The number of hydrogen-bond acceptors (Lipinski definition) is 4. The molecule has 1 aliphatic heterocycles. The van der Waals surface area contributed by atoms with E-state index in [2.05, 4.69) is 15.4 Å². The number of amides is 1. The first-order chi connectivity index (χ1) is 10.1. The molecule has 0 aliphatic carbocycles. The summed E-state index contributed by atoms with van der Waals surface area (Å²) in [7, 11) is 0. The topological polar surface area (TPSA) is 50.4 Å². The maximum absolute atomic E-state index is 12.3. The Kier molecular flexibility index (Phi) is 6.25. The number of alkyl halides is 2. The molecule has 116 valence electrons. The first-order valence-corrected chi connectivity index (χ1v) is 7.86. The van der Waals surface area contributed by atoms with Crippen molar-refractivity contribution in [2.75, 3.05) is 24.2 Å². The molecule has 1 aromatic carbocycles. The second kappa shape index (κ2) is 8.19. The Balaban J connectivity index is 1.84. The van der Waals surface area contributed by atoms with Gasteiger partial charge in [0.2, 0.25) is 5.91 Å². The van der Waals surface area contributed by atoms with Crippen LogP contribution in [0.4, 0.5) is 14.5 Å². The molecule has 2 N–H and O–H groups in total. The van der Waals surface area contributed by atoms with E-state index in [-0.39, 0.29) is 17.3 Å². The van der Waals surface area contributed by atoms with Gasteiger partial charge in [0.05, 0.1) is 11.4 Å². The van der Waals surface area contributed by atoms with Crippen LogP contribution in [0.15, 0.2) is 24.3 Å². The molecule has 1 aliphatic rings. The molecule has 0 atom stereocenters. The Hall–Kier alpha value is -1.34. The molecule has 1 aromatic rings. The van der Waals surface area contributed by atoms with Crippen molar-refractivity contribution in [3.05, 3.63) is 24.3 Å². The van der Waals surface area contributed by atoms with Crippen LogP contribution in [0.25, 0.3) is 0 Å². The van der Waals surface area contributed by atoms with E-state index in [0.29, 0.717) is 11.0 Å². The fraction of sp³-hybridized carbons (Fsp3) is 0.500. The van der Waals surface area contributed by atoms with Crippen molar-refractivity contribution in [3.63, 3.8) is 0 Å². The number of hydrogen-bond donors (Lipinski definition) is 2. The van der Waals surface area contributed by atoms with Crippen LogP contribution in [-0.2, 0) is 4.79 Å². The van der Waals surface area contributed by atoms with Gasteiger partial charge in [0.25, 0.3) is 0 Å². The van der Waals surface area contributed by atoms with E-state index in [4.69, 9.17) is 0 Å². The van der Waals surface area contributed by atoms with Gasteiger partial charge in [-0.15, -0.1) is 11.8 Å². The first kappa shape index (κ1) is 16.0. The van der Waals surface area contributed by atoms with Crippen molar-refractivity contribution in [2.45, 2.75) is 24.7 Å². The maximum Gasteiger partial charge on any atom is 0.387 e. The number of piperidine rings is 1. The minimum absolute atomic E-state index is 0.0206. The molecule has 4 nitrogen and oxygen atoms in total. The Morgan fingerprint density at radius 2 is 2.10 bits per heavy atom. The smallest absolute Gasteiger partial charge is 0.387 e. The molecular formula is C14H18F2N2O2S. The molecule has 1 amide bonds. The van der Waals surface area contributed by atoms with Crippen molar-refractivity contribution in [3.8, 4) is 5.75 Å². The molecule has 1 fully saturated rings. The highest BCUT2D eigenvalue weighted by atomic mass is 32.2. The number of rotatable bonds is 6. The largest absolute Gasteiger partial charge is 0.433 e. The first-order valence-electron chi connectivity index (χ1n) is 6.81. The van der Waals surface area contributed by atoms with Gasteiger partial charge < -0.3 is 15.4 Å². The molecule has 0 bridgehead atoms. The zero-order chi connectivity index (χ0) is 15.1. The van der Waals surface area contributed by atoms with E-state index in [9.17, 15) is 13.6 Å². The second-order valence-corrected chi connectivity index (χ2v) is 5.97. The summed E-state index contributed by atoms with van der Waals surface area (Å²) >= 11 is 1.60. The van der Waals surface area contributed by atoms with Crippen molar-refractivity contribution in [1.82, 2.24) is 5.32 Å². The molecule has 0 unspecified atom stereocenters. The molecule has 2 rings (SSSR count). The summed E-state index contributed by atoms with van der Waals surface area (Å²) in [6.45, 7) is -0.957. The highest BCUT2D eigenvalue weighted by Gasteiger charge is 2.16. The summed E-state index contributed by atoms with van der Waals surface area (Å²) in [4.78, 5) is 11.9. The van der Waals surface area contributed by atoms with Gasteiger partial charge in [-0.05, 0) is 38.1 Å². The van der Waals surface area contributed by atoms with E-state index >= 15 is 0 Å². The van der Waals surface area contributed by atoms with E-state index in [0.717, 1.165) is 25.9 Å². The van der Waals surface area contributed by atoms with Crippen molar-refractivity contribution < 1.29 is 18.3 Å². The fourth-order valence-electron chi connectivity index (χ4n) is 2.11. The predicted octanol–water partition coefficient (Wildman–Crippen LogP) is 2.71.